The topological polar surface area (TPSA) is 100 Å². The first kappa shape index (κ1) is 47.4. The minimum Gasteiger partial charge on any atom is -0.512 e. The molecule has 0 atom stereocenters. The average molecular weight is 1080 g/mol. The molecule has 2 radical (unpaired) electrons. The SMILES string of the molecule is CC(=O)C=C(C)O.CC(=O)C=C(C)O.Cc1[c-]c(-c2ncc(C)c3c(C)cccc23)cc(C)c1.Cc1[c-]c(-c2nccc3ccccc23)cc(C)c1.[Ir].[Ir]. The molecule has 0 aliphatic carbocycles. The second-order valence-electron chi connectivity index (χ2n) is 13.0. The van der Waals surface area contributed by atoms with Crippen molar-refractivity contribution in [3.8, 4) is 22.5 Å². The Morgan fingerprint density at radius 2 is 1.07 bits per heavy atom. The Labute approximate surface area is 347 Å². The summed E-state index contributed by atoms with van der Waals surface area (Å²) in [5, 5.41) is 21.6. The number of fused-ring (bicyclic) bond motifs is 2. The van der Waals surface area contributed by atoms with Crippen LogP contribution in [0.1, 0.15) is 61.1 Å². The fraction of sp³-hybridized carbons (Fsp3) is 0.217. The van der Waals surface area contributed by atoms with E-state index in [0.29, 0.717) is 0 Å². The summed E-state index contributed by atoms with van der Waals surface area (Å²) >= 11 is 0. The minimum absolute atomic E-state index is 0. The number of aryl methyl sites for hydroxylation is 6. The van der Waals surface area contributed by atoms with Gasteiger partial charge in [0.2, 0.25) is 0 Å². The third-order valence-electron chi connectivity index (χ3n) is 7.61. The quantitative estimate of drug-likeness (QED) is 0.104. The van der Waals surface area contributed by atoms with E-state index in [0.717, 1.165) is 33.6 Å². The van der Waals surface area contributed by atoms with Gasteiger partial charge in [-0.25, -0.2) is 0 Å². The average Bonchev–Trinajstić information content (AvgIpc) is 3.03. The van der Waals surface area contributed by atoms with Crippen LogP contribution in [-0.4, -0.2) is 31.7 Å². The number of pyridine rings is 2. The van der Waals surface area contributed by atoms with Crippen molar-refractivity contribution in [2.75, 3.05) is 0 Å². The van der Waals surface area contributed by atoms with Crippen molar-refractivity contribution in [3.05, 3.63) is 154 Å². The summed E-state index contributed by atoms with van der Waals surface area (Å²) in [6.45, 7) is 18.4. The third kappa shape index (κ3) is 14.7. The summed E-state index contributed by atoms with van der Waals surface area (Å²) in [7, 11) is 0. The number of nitrogens with zero attached hydrogens (tertiary/aromatic N) is 2. The number of aliphatic hydroxyl groups is 2. The fourth-order valence-electron chi connectivity index (χ4n) is 5.87. The summed E-state index contributed by atoms with van der Waals surface area (Å²) in [5.74, 6) is -0.125. The van der Waals surface area contributed by atoms with Crippen molar-refractivity contribution in [3.63, 3.8) is 0 Å². The van der Waals surface area contributed by atoms with Gasteiger partial charge in [-0.15, -0.1) is 69.8 Å². The zero-order valence-corrected chi connectivity index (χ0v) is 37.3. The molecule has 0 aliphatic heterocycles. The number of carbonyl (C=O) groups is 2. The molecule has 0 bridgehead atoms. The van der Waals surface area contributed by atoms with E-state index in [-0.39, 0.29) is 63.3 Å². The van der Waals surface area contributed by atoms with Crippen molar-refractivity contribution < 1.29 is 60.0 Å². The predicted octanol–water partition coefficient (Wildman–Crippen LogP) is 11.3. The molecule has 2 N–H and O–H groups in total. The molecular formula is C46H48Ir2N2O4-2. The second kappa shape index (κ2) is 22.6. The van der Waals surface area contributed by atoms with Crippen molar-refractivity contribution in [2.45, 2.75) is 69.2 Å². The molecule has 2 heterocycles. The van der Waals surface area contributed by atoms with Gasteiger partial charge in [-0.05, 0) is 91.7 Å². The smallest absolute Gasteiger partial charge is 0.155 e. The van der Waals surface area contributed by atoms with E-state index in [9.17, 15) is 9.59 Å². The Bertz CT molecular complexity index is 2190. The molecule has 286 valence electrons. The Morgan fingerprint density at radius 1 is 0.593 bits per heavy atom. The van der Waals surface area contributed by atoms with Gasteiger partial charge in [-0.3, -0.25) is 9.59 Å². The maximum Gasteiger partial charge on any atom is 0.155 e. The minimum atomic E-state index is -0.125. The largest absolute Gasteiger partial charge is 0.512 e. The summed E-state index contributed by atoms with van der Waals surface area (Å²) < 4.78 is 0. The maximum absolute atomic E-state index is 10.0. The van der Waals surface area contributed by atoms with Crippen LogP contribution in [0.25, 0.3) is 44.1 Å². The Balaban J connectivity index is 0.000000394. The first-order valence-electron chi connectivity index (χ1n) is 17.0. The predicted molar refractivity (Wildman–Crippen MR) is 215 cm³/mol. The molecule has 0 unspecified atom stereocenters. The molecule has 0 aliphatic rings. The molecule has 8 heteroatoms. The van der Waals surface area contributed by atoms with Gasteiger partial charge in [0.25, 0.3) is 0 Å². The second-order valence-corrected chi connectivity index (χ2v) is 13.0. The Hall–Kier alpha value is -4.58. The van der Waals surface area contributed by atoms with Crippen LogP contribution in [0.2, 0.25) is 0 Å². The summed E-state index contributed by atoms with van der Waals surface area (Å²) in [4.78, 5) is 29.2. The van der Waals surface area contributed by atoms with E-state index in [4.69, 9.17) is 10.2 Å². The van der Waals surface area contributed by atoms with Gasteiger partial charge in [0, 0.05) is 64.8 Å². The van der Waals surface area contributed by atoms with Crippen molar-refractivity contribution >= 4 is 33.1 Å². The molecule has 6 nitrogen and oxygen atoms in total. The van der Waals surface area contributed by atoms with E-state index in [1.165, 1.54) is 83.6 Å². The van der Waals surface area contributed by atoms with Crippen LogP contribution in [0.3, 0.4) is 0 Å². The van der Waals surface area contributed by atoms with Gasteiger partial charge in [0.05, 0.1) is 11.5 Å². The molecule has 6 aromatic rings. The first-order chi connectivity index (χ1) is 24.5. The van der Waals surface area contributed by atoms with Gasteiger partial charge in [-0.2, -0.15) is 0 Å². The molecule has 0 saturated carbocycles. The van der Waals surface area contributed by atoms with Crippen LogP contribution < -0.4 is 0 Å². The molecule has 6 rings (SSSR count). The molecule has 2 aromatic heterocycles. The number of aliphatic hydroxyl groups excluding tert-OH is 2. The van der Waals surface area contributed by atoms with Crippen molar-refractivity contribution in [1.29, 1.82) is 0 Å². The van der Waals surface area contributed by atoms with Crippen LogP contribution in [0.15, 0.2) is 109 Å². The van der Waals surface area contributed by atoms with Crippen LogP contribution in [0.5, 0.6) is 0 Å². The summed E-state index contributed by atoms with van der Waals surface area (Å²) in [6.07, 6.45) is 6.17. The molecule has 4 aromatic carbocycles. The zero-order valence-electron chi connectivity index (χ0n) is 32.5. The normalized spacial score (nSPS) is 10.6. The third-order valence-corrected chi connectivity index (χ3v) is 7.61. The number of hydrogen-bond donors (Lipinski definition) is 2. The monoisotopic (exact) mass is 1080 g/mol. The standard InChI is InChI=1S/C19H18N.C17H14N.2C5H8O2.2Ir/c1-12-8-13(2)10-16(9-12)19-17-7-5-6-14(3)18(17)15(4)11-20-19;1-12-9-13(2)11-15(10-12)17-16-6-4-3-5-14(16)7-8-18-17;2*1-4(6)3-5(2)7;;/h5-9,11H,1-4H3;3-10H,1-2H3;2*3,6H,1-2H3;;/q2*-1;;;;. The number of aromatic nitrogens is 2. The summed E-state index contributed by atoms with van der Waals surface area (Å²) in [6, 6.07) is 32.2. The van der Waals surface area contributed by atoms with E-state index in [1.54, 1.807) is 0 Å². The van der Waals surface area contributed by atoms with Gasteiger partial charge >= 0.3 is 0 Å². The molecule has 0 amide bonds. The van der Waals surface area contributed by atoms with E-state index < -0.39 is 0 Å². The number of rotatable bonds is 4. The molecule has 0 fully saturated rings. The molecular weight excluding hydrogens is 1030 g/mol. The Kier molecular flexibility index (Phi) is 19.8. The number of ketones is 2. The van der Waals surface area contributed by atoms with Gasteiger partial charge in [-0.1, -0.05) is 70.2 Å². The fourth-order valence-corrected chi connectivity index (χ4v) is 5.87. The zero-order chi connectivity index (χ0) is 38.5. The van der Waals surface area contributed by atoms with E-state index in [2.05, 4.69) is 130 Å². The maximum atomic E-state index is 10.0. The van der Waals surface area contributed by atoms with Gasteiger partial charge in [0.15, 0.2) is 11.6 Å². The number of benzene rings is 4. The molecule has 0 spiro atoms. The van der Waals surface area contributed by atoms with E-state index in [1.807, 2.05) is 18.5 Å². The van der Waals surface area contributed by atoms with E-state index >= 15 is 0 Å². The number of allylic oxidation sites excluding steroid dienone is 4. The van der Waals surface area contributed by atoms with Gasteiger partial charge < -0.3 is 20.2 Å². The van der Waals surface area contributed by atoms with Crippen LogP contribution in [-0.2, 0) is 49.8 Å². The van der Waals surface area contributed by atoms with Crippen LogP contribution >= 0.6 is 0 Å². The van der Waals surface area contributed by atoms with Crippen molar-refractivity contribution in [1.82, 2.24) is 9.97 Å². The molecule has 54 heavy (non-hydrogen) atoms. The number of hydrogen-bond acceptors (Lipinski definition) is 6. The number of carbonyl (C=O) groups excluding carboxylic acids is 2. The van der Waals surface area contributed by atoms with Gasteiger partial charge in [0.1, 0.15) is 0 Å². The Morgan fingerprint density at radius 3 is 1.54 bits per heavy atom. The van der Waals surface area contributed by atoms with Crippen LogP contribution in [0.4, 0.5) is 0 Å². The summed E-state index contributed by atoms with van der Waals surface area (Å²) in [5.41, 5.74) is 11.5. The van der Waals surface area contributed by atoms with Crippen molar-refractivity contribution in [2.24, 2.45) is 0 Å². The first-order valence-corrected chi connectivity index (χ1v) is 17.0. The molecule has 0 saturated heterocycles. The van der Waals surface area contributed by atoms with Crippen LogP contribution in [0, 0.1) is 53.7 Å².